The summed E-state index contributed by atoms with van der Waals surface area (Å²) in [5, 5.41) is 1.96. The van der Waals surface area contributed by atoms with Gasteiger partial charge in [0.25, 0.3) is 5.56 Å². The molecule has 0 radical (unpaired) electrons. The number of fused-ring (bicyclic) bond motifs is 3. The molecule has 5 nitrogen and oxygen atoms in total. The van der Waals surface area contributed by atoms with Gasteiger partial charge in [-0.1, -0.05) is 23.5 Å². The maximum Gasteiger partial charge on any atom is 0.284 e. The second-order valence-corrected chi connectivity index (χ2v) is 5.13. The van der Waals surface area contributed by atoms with E-state index in [-0.39, 0.29) is 5.56 Å². The minimum absolute atomic E-state index is 0.233. The average molecular weight is 252 g/mol. The Kier molecular flexibility index (Phi) is 2.36. The molecule has 0 saturated carbocycles. The largest absolute Gasteiger partial charge is 0.304 e. The fourth-order valence-electron chi connectivity index (χ4n) is 1.65. The summed E-state index contributed by atoms with van der Waals surface area (Å²) in [6, 6.07) is 0. The maximum absolute atomic E-state index is 11.7. The van der Waals surface area contributed by atoms with Crippen LogP contribution in [0.3, 0.4) is 0 Å². The molecule has 3 rings (SSSR count). The van der Waals surface area contributed by atoms with Gasteiger partial charge in [-0.15, -0.1) is 0 Å². The lowest BCUT2D eigenvalue weighted by atomic mass is 10.4. The molecule has 0 aliphatic carbocycles. The highest BCUT2D eigenvalue weighted by atomic mass is 32.2. The van der Waals surface area contributed by atoms with E-state index in [0.717, 1.165) is 17.5 Å². The van der Waals surface area contributed by atoms with E-state index in [2.05, 4.69) is 15.0 Å². The smallest absolute Gasteiger partial charge is 0.284 e. The molecule has 0 aromatic carbocycles. The molecule has 0 N–H and O–H groups in total. The van der Waals surface area contributed by atoms with Crippen molar-refractivity contribution in [3.63, 3.8) is 0 Å². The summed E-state index contributed by atoms with van der Waals surface area (Å²) in [5.41, 5.74) is 0.475. The van der Waals surface area contributed by atoms with Crippen LogP contribution < -0.4 is 5.56 Å². The van der Waals surface area contributed by atoms with E-state index in [1.807, 2.05) is 10.8 Å². The van der Waals surface area contributed by atoms with E-state index in [1.165, 1.54) is 11.8 Å². The highest BCUT2D eigenvalue weighted by Crippen LogP contribution is 2.25. The Morgan fingerprint density at radius 2 is 2.38 bits per heavy atom. The number of thioether (sulfide) groups is 2. The fraction of sp³-hybridized carbons (Fsp3) is 0.333. The average Bonchev–Trinajstić information content (AvgIpc) is 2.76. The molecule has 2 aromatic heterocycles. The van der Waals surface area contributed by atoms with Gasteiger partial charge >= 0.3 is 0 Å². The lowest BCUT2D eigenvalue weighted by Gasteiger charge is -2.06. The van der Waals surface area contributed by atoms with Crippen molar-refractivity contribution in [1.29, 1.82) is 0 Å². The normalized spacial score (nSPS) is 14.3. The van der Waals surface area contributed by atoms with Crippen LogP contribution >= 0.6 is 23.5 Å². The number of aryl methyl sites for hydroxylation is 1. The van der Waals surface area contributed by atoms with Crippen molar-refractivity contribution in [3.8, 4) is 0 Å². The second kappa shape index (κ2) is 3.74. The summed E-state index contributed by atoms with van der Waals surface area (Å²) >= 11 is 3.07. The zero-order chi connectivity index (χ0) is 11.1. The first kappa shape index (κ1) is 10.1. The number of nitrogens with zero attached hydrogens (tertiary/aromatic N) is 4. The van der Waals surface area contributed by atoms with E-state index < -0.39 is 0 Å². The molecule has 2 aromatic rings. The van der Waals surface area contributed by atoms with Crippen LogP contribution in [0.15, 0.2) is 21.3 Å². The van der Waals surface area contributed by atoms with Gasteiger partial charge in [0.05, 0.1) is 0 Å². The molecular formula is C9H8N4OS2. The van der Waals surface area contributed by atoms with Gasteiger partial charge in [-0.3, -0.25) is 4.79 Å². The summed E-state index contributed by atoms with van der Waals surface area (Å²) in [5.74, 6) is 0.949. The van der Waals surface area contributed by atoms with Gasteiger partial charge in [0, 0.05) is 18.5 Å². The van der Waals surface area contributed by atoms with Crippen molar-refractivity contribution in [3.05, 3.63) is 16.6 Å². The van der Waals surface area contributed by atoms with Crippen LogP contribution in [-0.2, 0) is 6.54 Å². The third-order valence-corrected chi connectivity index (χ3v) is 3.91. The highest BCUT2D eigenvalue weighted by Gasteiger charge is 2.17. The third-order valence-electron chi connectivity index (χ3n) is 2.39. The van der Waals surface area contributed by atoms with Gasteiger partial charge in [-0.25, -0.2) is 9.97 Å². The van der Waals surface area contributed by atoms with Crippen LogP contribution in [0.25, 0.3) is 11.0 Å². The van der Waals surface area contributed by atoms with Crippen molar-refractivity contribution in [2.75, 3.05) is 12.0 Å². The van der Waals surface area contributed by atoms with Crippen molar-refractivity contribution in [2.45, 2.75) is 16.9 Å². The van der Waals surface area contributed by atoms with Crippen molar-refractivity contribution < 1.29 is 0 Å². The van der Waals surface area contributed by atoms with E-state index in [1.54, 1.807) is 18.0 Å². The van der Waals surface area contributed by atoms with Crippen LogP contribution in [0, 0.1) is 0 Å². The Hall–Kier alpha value is -1.08. The quantitative estimate of drug-likeness (QED) is 0.557. The Morgan fingerprint density at radius 1 is 1.50 bits per heavy atom. The molecule has 1 aliphatic heterocycles. The van der Waals surface area contributed by atoms with Crippen molar-refractivity contribution in [2.24, 2.45) is 0 Å². The fourth-order valence-corrected chi connectivity index (χ4v) is 2.92. The molecule has 82 valence electrons. The summed E-state index contributed by atoms with van der Waals surface area (Å²) in [6.07, 6.45) is 3.49. The molecule has 3 heterocycles. The van der Waals surface area contributed by atoms with Crippen molar-refractivity contribution >= 4 is 34.6 Å². The minimum atomic E-state index is -0.233. The Balaban J connectivity index is 2.42. The highest BCUT2D eigenvalue weighted by molar-refractivity contribution is 7.99. The van der Waals surface area contributed by atoms with Gasteiger partial charge in [0.15, 0.2) is 16.0 Å². The van der Waals surface area contributed by atoms with Crippen molar-refractivity contribution in [1.82, 2.24) is 19.5 Å². The van der Waals surface area contributed by atoms with Crippen LogP contribution in [0.4, 0.5) is 0 Å². The van der Waals surface area contributed by atoms with Gasteiger partial charge in [0.2, 0.25) is 0 Å². The van der Waals surface area contributed by atoms with E-state index >= 15 is 0 Å². The Labute approximate surface area is 99.7 Å². The molecule has 0 spiro atoms. The monoisotopic (exact) mass is 252 g/mol. The first-order valence-corrected chi connectivity index (χ1v) is 6.95. The third kappa shape index (κ3) is 1.42. The molecule has 16 heavy (non-hydrogen) atoms. The number of aromatic nitrogens is 4. The number of hydrogen-bond donors (Lipinski definition) is 0. The SMILES string of the molecule is CSc1ncc2c(=O)nc3n(c2n1)CCS3. The van der Waals surface area contributed by atoms with Gasteiger partial charge < -0.3 is 4.57 Å². The molecule has 0 amide bonds. The van der Waals surface area contributed by atoms with Crippen LogP contribution in [-0.4, -0.2) is 31.5 Å². The van der Waals surface area contributed by atoms with E-state index in [9.17, 15) is 4.79 Å². The summed E-state index contributed by atoms with van der Waals surface area (Å²) in [7, 11) is 0. The lowest BCUT2D eigenvalue weighted by Crippen LogP contribution is -2.15. The van der Waals surface area contributed by atoms with Gasteiger partial charge in [0.1, 0.15) is 5.39 Å². The second-order valence-electron chi connectivity index (χ2n) is 3.29. The Bertz CT molecular complexity index is 625. The predicted octanol–water partition coefficient (Wildman–Crippen LogP) is 1.01. The van der Waals surface area contributed by atoms with E-state index in [4.69, 9.17) is 0 Å². The number of rotatable bonds is 1. The molecule has 0 bridgehead atoms. The molecule has 0 unspecified atom stereocenters. The molecule has 7 heteroatoms. The van der Waals surface area contributed by atoms with Crippen LogP contribution in [0.5, 0.6) is 0 Å². The lowest BCUT2D eigenvalue weighted by molar-refractivity contribution is 0.693. The van der Waals surface area contributed by atoms with Gasteiger partial charge in [-0.2, -0.15) is 4.98 Å². The Morgan fingerprint density at radius 3 is 3.19 bits per heavy atom. The molecule has 0 fully saturated rings. The molecule has 0 atom stereocenters. The molecule has 1 aliphatic rings. The van der Waals surface area contributed by atoms with Crippen LogP contribution in [0.1, 0.15) is 0 Å². The van der Waals surface area contributed by atoms with Gasteiger partial charge in [-0.05, 0) is 6.26 Å². The zero-order valence-electron chi connectivity index (χ0n) is 8.51. The minimum Gasteiger partial charge on any atom is -0.304 e. The summed E-state index contributed by atoms with van der Waals surface area (Å²) in [6.45, 7) is 0.856. The summed E-state index contributed by atoms with van der Waals surface area (Å²) in [4.78, 5) is 24.2. The van der Waals surface area contributed by atoms with E-state index in [0.29, 0.717) is 16.2 Å². The first-order chi connectivity index (χ1) is 7.79. The molecule has 0 saturated heterocycles. The zero-order valence-corrected chi connectivity index (χ0v) is 10.1. The topological polar surface area (TPSA) is 60.7 Å². The number of hydrogen-bond acceptors (Lipinski definition) is 6. The standard InChI is InChI=1S/C9H8N4OS2/c1-15-8-10-4-5-6(11-8)13-2-3-16-9(13)12-7(5)14/h4H,2-3H2,1H3. The van der Waals surface area contributed by atoms with Crippen LogP contribution in [0.2, 0.25) is 0 Å². The first-order valence-electron chi connectivity index (χ1n) is 4.74. The summed E-state index contributed by atoms with van der Waals surface area (Å²) < 4.78 is 1.99. The maximum atomic E-state index is 11.7. The predicted molar refractivity (Wildman–Crippen MR) is 64.1 cm³/mol. The molecular weight excluding hydrogens is 244 g/mol.